The average Bonchev–Trinajstić information content (AvgIpc) is 2.10. The molecule has 0 aliphatic carbocycles. The molecule has 5 heteroatoms. The van der Waals surface area contributed by atoms with Gasteiger partial charge in [-0.05, 0) is 12.8 Å². The summed E-state index contributed by atoms with van der Waals surface area (Å²) in [4.78, 5) is 0. The van der Waals surface area contributed by atoms with Gasteiger partial charge in [0.25, 0.3) is 0 Å². The van der Waals surface area contributed by atoms with E-state index in [0.717, 1.165) is 0 Å². The van der Waals surface area contributed by atoms with E-state index in [0.29, 0.717) is 19.2 Å². The lowest BCUT2D eigenvalue weighted by atomic mass is 10.0. The molecule has 0 radical (unpaired) electrons. The summed E-state index contributed by atoms with van der Waals surface area (Å²) >= 11 is 0. The number of hydrazine groups is 1. The van der Waals surface area contributed by atoms with Gasteiger partial charge in [0, 0.05) is 26.2 Å². The largest absolute Gasteiger partial charge is 0.370 e. The summed E-state index contributed by atoms with van der Waals surface area (Å²) in [6, 6.07) is 0.216. The summed E-state index contributed by atoms with van der Waals surface area (Å²) in [5.74, 6) is 6.13. The highest BCUT2D eigenvalue weighted by molar-refractivity contribution is 4.72. The predicted molar refractivity (Wildman–Crippen MR) is 60.0 cm³/mol. The molecule has 0 bridgehead atoms. The van der Waals surface area contributed by atoms with Gasteiger partial charge in [-0.2, -0.15) is 0 Å². The molecule has 4 nitrogen and oxygen atoms in total. The molecule has 0 aliphatic rings. The van der Waals surface area contributed by atoms with Crippen molar-refractivity contribution in [3.63, 3.8) is 0 Å². The number of hydrogen-bond donors (Lipinski definition) is 2. The summed E-state index contributed by atoms with van der Waals surface area (Å²) in [5, 5.41) is 4.72. The maximum Gasteiger partial charge on any atom is 0.111 e. The minimum Gasteiger partial charge on any atom is -0.370 e. The molecule has 0 fully saturated rings. The second kappa shape index (κ2) is 7.98. The van der Waals surface area contributed by atoms with Crippen molar-refractivity contribution < 1.29 is 9.13 Å². The van der Waals surface area contributed by atoms with E-state index in [1.54, 1.807) is 7.11 Å². The van der Waals surface area contributed by atoms with Crippen LogP contribution in [0.4, 0.5) is 4.39 Å². The van der Waals surface area contributed by atoms with E-state index in [2.05, 4.69) is 19.2 Å². The van der Waals surface area contributed by atoms with Gasteiger partial charge in [0.15, 0.2) is 0 Å². The van der Waals surface area contributed by atoms with Crippen LogP contribution < -0.4 is 11.2 Å². The highest BCUT2D eigenvalue weighted by Gasteiger charge is 2.16. The molecular weight excluding hydrogens is 197 g/mol. The lowest BCUT2D eigenvalue weighted by Crippen LogP contribution is -2.48. The van der Waals surface area contributed by atoms with Crippen LogP contribution in [0, 0.1) is 5.92 Å². The van der Waals surface area contributed by atoms with Gasteiger partial charge in [-0.1, -0.05) is 13.8 Å². The summed E-state index contributed by atoms with van der Waals surface area (Å²) < 4.78 is 17.6. The first kappa shape index (κ1) is 14.8. The first-order valence-electron chi connectivity index (χ1n) is 5.33. The molecule has 0 saturated carbocycles. The number of nitrogens with two attached hydrogens (primary N) is 1. The fourth-order valence-corrected chi connectivity index (χ4v) is 1.35. The Morgan fingerprint density at radius 3 is 2.33 bits per heavy atom. The lowest BCUT2D eigenvalue weighted by molar-refractivity contribution is 0.126. The molecule has 92 valence electrons. The maximum absolute atomic E-state index is 12.7. The third-order valence-corrected chi connectivity index (χ3v) is 2.21. The van der Waals surface area contributed by atoms with Gasteiger partial charge in [0.2, 0.25) is 0 Å². The molecule has 2 atom stereocenters. The molecule has 3 N–H and O–H groups in total. The quantitative estimate of drug-likeness (QED) is 0.360. The Bertz CT molecular complexity index is 156. The van der Waals surface area contributed by atoms with Gasteiger partial charge in [-0.3, -0.25) is 11.2 Å². The van der Waals surface area contributed by atoms with Crippen molar-refractivity contribution in [3.8, 4) is 0 Å². The standard InChI is InChI=1S/C10H24FN3O/c1-8(2)10(13-7-15-4)6-14(12)5-9(3)11/h8-10,13H,5-7,12H2,1-4H3/t9-,10-/m1/s1. The number of methoxy groups -OCH3 is 1. The summed E-state index contributed by atoms with van der Waals surface area (Å²) in [5.41, 5.74) is 0. The molecule has 0 spiro atoms. The minimum atomic E-state index is -0.898. The average molecular weight is 221 g/mol. The van der Waals surface area contributed by atoms with E-state index in [1.165, 1.54) is 11.9 Å². The first-order valence-corrected chi connectivity index (χ1v) is 5.33. The highest BCUT2D eigenvalue weighted by atomic mass is 19.1. The van der Waals surface area contributed by atoms with Gasteiger partial charge < -0.3 is 4.74 Å². The molecule has 0 aromatic carbocycles. The number of halogens is 1. The Labute approximate surface area is 91.9 Å². The Morgan fingerprint density at radius 1 is 1.33 bits per heavy atom. The Hall–Kier alpha value is -0.230. The van der Waals surface area contributed by atoms with Crippen molar-refractivity contribution in [3.05, 3.63) is 0 Å². The van der Waals surface area contributed by atoms with Gasteiger partial charge >= 0.3 is 0 Å². The van der Waals surface area contributed by atoms with Crippen LogP contribution in [0.5, 0.6) is 0 Å². The number of hydrogen-bond acceptors (Lipinski definition) is 4. The normalized spacial score (nSPS) is 16.0. The Kier molecular flexibility index (Phi) is 7.86. The van der Waals surface area contributed by atoms with E-state index in [9.17, 15) is 4.39 Å². The molecule has 15 heavy (non-hydrogen) atoms. The van der Waals surface area contributed by atoms with Crippen LogP contribution in [0.15, 0.2) is 0 Å². The van der Waals surface area contributed by atoms with Gasteiger partial charge in [-0.25, -0.2) is 9.40 Å². The lowest BCUT2D eigenvalue weighted by Gasteiger charge is -2.27. The van der Waals surface area contributed by atoms with Crippen LogP contribution >= 0.6 is 0 Å². The molecule has 0 aromatic rings. The van der Waals surface area contributed by atoms with E-state index in [-0.39, 0.29) is 12.6 Å². The highest BCUT2D eigenvalue weighted by Crippen LogP contribution is 2.03. The molecule has 0 aliphatic heterocycles. The van der Waals surface area contributed by atoms with Crippen molar-refractivity contribution in [2.24, 2.45) is 11.8 Å². The van der Waals surface area contributed by atoms with Crippen LogP contribution in [-0.4, -0.2) is 44.2 Å². The molecule has 0 aromatic heterocycles. The van der Waals surface area contributed by atoms with E-state index >= 15 is 0 Å². The van der Waals surface area contributed by atoms with Gasteiger partial charge in [0.1, 0.15) is 6.17 Å². The van der Waals surface area contributed by atoms with E-state index < -0.39 is 6.17 Å². The van der Waals surface area contributed by atoms with Crippen LogP contribution in [0.1, 0.15) is 20.8 Å². The third kappa shape index (κ3) is 7.67. The van der Waals surface area contributed by atoms with Crippen LogP contribution in [0.25, 0.3) is 0 Å². The smallest absolute Gasteiger partial charge is 0.111 e. The van der Waals surface area contributed by atoms with E-state index in [1.807, 2.05) is 0 Å². The first-order chi connectivity index (χ1) is 6.97. The zero-order chi connectivity index (χ0) is 11.8. The van der Waals surface area contributed by atoms with E-state index in [4.69, 9.17) is 10.6 Å². The van der Waals surface area contributed by atoms with Crippen molar-refractivity contribution in [1.29, 1.82) is 0 Å². The number of nitrogens with zero attached hydrogens (tertiary/aromatic N) is 1. The van der Waals surface area contributed by atoms with Crippen molar-refractivity contribution >= 4 is 0 Å². The fourth-order valence-electron chi connectivity index (χ4n) is 1.35. The van der Waals surface area contributed by atoms with Crippen LogP contribution in [0.3, 0.4) is 0 Å². The zero-order valence-corrected chi connectivity index (χ0v) is 10.2. The monoisotopic (exact) mass is 221 g/mol. The van der Waals surface area contributed by atoms with Gasteiger partial charge in [-0.15, -0.1) is 0 Å². The van der Waals surface area contributed by atoms with Crippen molar-refractivity contribution in [2.75, 3.05) is 26.9 Å². The Morgan fingerprint density at radius 2 is 1.93 bits per heavy atom. The second-order valence-corrected chi connectivity index (χ2v) is 4.22. The number of alkyl halides is 1. The third-order valence-electron chi connectivity index (χ3n) is 2.21. The predicted octanol–water partition coefficient (Wildman–Crippen LogP) is 0.738. The maximum atomic E-state index is 12.7. The Balaban J connectivity index is 3.92. The van der Waals surface area contributed by atoms with Crippen molar-refractivity contribution in [1.82, 2.24) is 10.3 Å². The zero-order valence-electron chi connectivity index (χ0n) is 10.2. The SMILES string of the molecule is COCN[C@H](CN(N)C[C@@H](C)F)C(C)C. The van der Waals surface area contributed by atoms with Gasteiger partial charge in [0.05, 0.1) is 6.73 Å². The summed E-state index contributed by atoms with van der Waals surface area (Å²) in [6.45, 7) is 7.07. The molecule has 0 amide bonds. The molecule has 0 heterocycles. The molecule has 0 rings (SSSR count). The van der Waals surface area contributed by atoms with Crippen LogP contribution in [-0.2, 0) is 4.74 Å². The van der Waals surface area contributed by atoms with Crippen molar-refractivity contribution in [2.45, 2.75) is 33.0 Å². The number of nitrogens with one attached hydrogen (secondary N) is 1. The number of rotatable bonds is 8. The fraction of sp³-hybridized carbons (Fsp3) is 1.00. The summed E-state index contributed by atoms with van der Waals surface area (Å²) in [7, 11) is 1.63. The molecular formula is C10H24FN3O. The summed E-state index contributed by atoms with van der Waals surface area (Å²) in [6.07, 6.45) is -0.898. The number of ether oxygens (including phenoxy) is 1. The topological polar surface area (TPSA) is 50.5 Å². The van der Waals surface area contributed by atoms with Crippen LogP contribution in [0.2, 0.25) is 0 Å². The molecule has 0 unspecified atom stereocenters. The second-order valence-electron chi connectivity index (χ2n) is 4.22. The molecule has 0 saturated heterocycles. The minimum absolute atomic E-state index is 0.216.